The Morgan fingerprint density at radius 1 is 0.379 bits per heavy atom. The van der Waals surface area contributed by atoms with Crippen molar-refractivity contribution in [3.63, 3.8) is 0 Å². The molecule has 280 valence electrons. The lowest BCUT2D eigenvalue weighted by Crippen LogP contribution is -2.33. The molecule has 0 aliphatic heterocycles. The Hall–Kier alpha value is -6.85. The third-order valence-corrected chi connectivity index (χ3v) is 12.6. The molecular weight excluding hydrogens is 707 g/mol. The molecule has 0 amide bonds. The van der Waals surface area contributed by atoms with Gasteiger partial charge in [-0.1, -0.05) is 155 Å². The van der Waals surface area contributed by atoms with Crippen LogP contribution in [0.2, 0.25) is 0 Å². The Kier molecular flexibility index (Phi) is 7.61. The second kappa shape index (κ2) is 12.8. The van der Waals surface area contributed by atoms with Crippen molar-refractivity contribution in [2.45, 2.75) is 51.4 Å². The van der Waals surface area contributed by atoms with Gasteiger partial charge in [-0.05, 0) is 82.3 Å². The summed E-state index contributed by atoms with van der Waals surface area (Å²) >= 11 is 0. The van der Waals surface area contributed by atoms with Gasteiger partial charge in [0.2, 0.25) is 5.95 Å². The van der Waals surface area contributed by atoms with Crippen molar-refractivity contribution in [2.75, 3.05) is 0 Å². The van der Waals surface area contributed by atoms with E-state index in [4.69, 9.17) is 15.0 Å². The van der Waals surface area contributed by atoms with E-state index in [9.17, 15) is 0 Å². The number of rotatable bonds is 5. The van der Waals surface area contributed by atoms with Gasteiger partial charge >= 0.3 is 0 Å². The van der Waals surface area contributed by atoms with Crippen LogP contribution in [0, 0.1) is 0 Å². The van der Waals surface area contributed by atoms with Crippen LogP contribution in [0.25, 0.3) is 89.2 Å². The van der Waals surface area contributed by atoms with Gasteiger partial charge in [0.15, 0.2) is 11.6 Å². The highest BCUT2D eigenvalue weighted by Gasteiger charge is 2.37. The minimum atomic E-state index is 0.136. The zero-order valence-electron chi connectivity index (χ0n) is 33.2. The molecule has 3 heterocycles. The summed E-state index contributed by atoms with van der Waals surface area (Å²) in [4.78, 5) is 15.4. The molecule has 0 saturated heterocycles. The van der Waals surface area contributed by atoms with Crippen LogP contribution < -0.4 is 0 Å². The van der Waals surface area contributed by atoms with Crippen molar-refractivity contribution in [1.29, 1.82) is 0 Å². The van der Waals surface area contributed by atoms with E-state index >= 15 is 0 Å². The first-order chi connectivity index (χ1) is 28.2. The van der Waals surface area contributed by atoms with Crippen LogP contribution in [-0.4, -0.2) is 24.1 Å². The molecule has 0 bridgehead atoms. The molecule has 10 aromatic rings. The Morgan fingerprint density at radius 2 is 0.897 bits per heavy atom. The summed E-state index contributed by atoms with van der Waals surface area (Å²) in [5, 5.41) is 4.74. The Morgan fingerprint density at radius 3 is 1.53 bits per heavy atom. The molecule has 58 heavy (non-hydrogen) atoms. The van der Waals surface area contributed by atoms with Gasteiger partial charge in [-0.2, -0.15) is 9.97 Å². The number of fused-ring (bicyclic) bond motifs is 7. The second-order valence-electron chi connectivity index (χ2n) is 17.2. The average molecular weight is 750 g/mol. The predicted molar refractivity (Wildman–Crippen MR) is 240 cm³/mol. The summed E-state index contributed by atoms with van der Waals surface area (Å²) < 4.78 is 4.65. The van der Waals surface area contributed by atoms with Gasteiger partial charge in [0, 0.05) is 38.4 Å². The van der Waals surface area contributed by atoms with Crippen LogP contribution in [0.5, 0.6) is 0 Å². The highest BCUT2D eigenvalue weighted by molar-refractivity contribution is 6.19. The van der Waals surface area contributed by atoms with Crippen molar-refractivity contribution >= 4 is 43.6 Å². The molecule has 0 unspecified atom stereocenters. The second-order valence-corrected chi connectivity index (χ2v) is 17.2. The molecule has 0 atom stereocenters. The summed E-state index contributed by atoms with van der Waals surface area (Å²) in [6.07, 6.45) is 2.40. The van der Waals surface area contributed by atoms with E-state index in [0.717, 1.165) is 44.1 Å². The standard InChI is InChI=1S/C53H43N5/c1-52(2)28-29-53(3,4)44-31-37(26-27-43(44)52)36-20-15-21-38(30-36)57-45-24-13-11-22-39(45)41-32-42-40-23-12-14-25-46(40)58(48(42)33-47(41)57)51-55-49(34-16-7-5-8-17-34)54-50(56-51)35-18-9-6-10-19-35/h5-27,30-33H,28-29H2,1-4H3. The Bertz CT molecular complexity index is 3160. The molecule has 0 fully saturated rings. The van der Waals surface area contributed by atoms with Gasteiger partial charge < -0.3 is 4.57 Å². The summed E-state index contributed by atoms with van der Waals surface area (Å²) in [6, 6.07) is 58.7. The quantitative estimate of drug-likeness (QED) is 0.176. The van der Waals surface area contributed by atoms with Crippen LogP contribution in [0.3, 0.4) is 0 Å². The fourth-order valence-corrected chi connectivity index (χ4v) is 9.41. The number of hydrogen-bond donors (Lipinski definition) is 0. The Labute approximate surface area is 338 Å². The first-order valence-corrected chi connectivity index (χ1v) is 20.3. The molecule has 7 aromatic carbocycles. The van der Waals surface area contributed by atoms with Gasteiger partial charge in [-0.15, -0.1) is 0 Å². The SMILES string of the molecule is CC1(C)CCC(C)(C)c2cc(-c3cccc(-n4c5ccccc5c5cc6c7ccccc7n(-c7nc(-c8ccccc8)nc(-c8ccccc8)n7)c6cc54)c3)ccc21. The predicted octanol–water partition coefficient (Wildman–Crippen LogP) is 13.4. The molecule has 1 aliphatic carbocycles. The third kappa shape index (κ3) is 5.41. The zero-order chi connectivity index (χ0) is 39.2. The lowest BCUT2D eigenvalue weighted by atomic mass is 9.63. The minimum absolute atomic E-state index is 0.136. The van der Waals surface area contributed by atoms with E-state index in [-0.39, 0.29) is 10.8 Å². The lowest BCUT2D eigenvalue weighted by molar-refractivity contribution is 0.332. The average Bonchev–Trinajstić information content (AvgIpc) is 3.77. The van der Waals surface area contributed by atoms with E-state index in [0.29, 0.717) is 17.6 Å². The van der Waals surface area contributed by atoms with Crippen LogP contribution in [0.4, 0.5) is 0 Å². The maximum atomic E-state index is 5.20. The maximum Gasteiger partial charge on any atom is 0.238 e. The molecule has 0 spiro atoms. The summed E-state index contributed by atoms with van der Waals surface area (Å²) in [6.45, 7) is 9.60. The molecule has 1 aliphatic rings. The number of aromatic nitrogens is 5. The lowest BCUT2D eigenvalue weighted by Gasteiger charge is -2.42. The highest BCUT2D eigenvalue weighted by atomic mass is 15.2. The highest BCUT2D eigenvalue weighted by Crippen LogP contribution is 2.47. The molecule has 5 nitrogen and oxygen atoms in total. The van der Waals surface area contributed by atoms with Crippen LogP contribution >= 0.6 is 0 Å². The maximum absolute atomic E-state index is 5.20. The van der Waals surface area contributed by atoms with Gasteiger partial charge in [-0.3, -0.25) is 4.57 Å². The largest absolute Gasteiger partial charge is 0.309 e. The Balaban J connectivity index is 1.16. The summed E-state index contributed by atoms with van der Waals surface area (Å²) in [5.74, 6) is 1.86. The number of para-hydroxylation sites is 2. The number of nitrogens with zero attached hydrogens (tertiary/aromatic N) is 5. The van der Waals surface area contributed by atoms with Crippen LogP contribution in [0.15, 0.2) is 164 Å². The van der Waals surface area contributed by atoms with Crippen molar-refractivity contribution in [3.8, 4) is 45.5 Å². The van der Waals surface area contributed by atoms with Gasteiger partial charge in [0.1, 0.15) is 0 Å². The van der Waals surface area contributed by atoms with Crippen molar-refractivity contribution in [3.05, 3.63) is 175 Å². The van der Waals surface area contributed by atoms with E-state index in [1.54, 1.807) is 0 Å². The number of benzene rings is 7. The molecule has 11 rings (SSSR count). The van der Waals surface area contributed by atoms with Crippen LogP contribution in [-0.2, 0) is 10.8 Å². The van der Waals surface area contributed by atoms with Crippen LogP contribution in [0.1, 0.15) is 51.7 Å². The normalized spacial score (nSPS) is 14.7. The summed E-state index contributed by atoms with van der Waals surface area (Å²) in [5.41, 5.74) is 13.1. The molecule has 5 heteroatoms. The minimum Gasteiger partial charge on any atom is -0.309 e. The van der Waals surface area contributed by atoms with Crippen molar-refractivity contribution in [1.82, 2.24) is 24.1 Å². The molecule has 0 radical (unpaired) electrons. The molecule has 0 N–H and O–H groups in total. The van der Waals surface area contributed by atoms with E-state index in [1.807, 2.05) is 36.4 Å². The first-order valence-electron chi connectivity index (χ1n) is 20.3. The monoisotopic (exact) mass is 749 g/mol. The van der Waals surface area contributed by atoms with Gasteiger partial charge in [-0.25, -0.2) is 4.98 Å². The van der Waals surface area contributed by atoms with Gasteiger partial charge in [0.25, 0.3) is 0 Å². The number of hydrogen-bond acceptors (Lipinski definition) is 3. The van der Waals surface area contributed by atoms with E-state index in [2.05, 4.69) is 164 Å². The van der Waals surface area contributed by atoms with Crippen molar-refractivity contribution < 1.29 is 0 Å². The van der Waals surface area contributed by atoms with E-state index in [1.165, 1.54) is 51.4 Å². The molecular formula is C53H43N5. The first kappa shape index (κ1) is 34.4. The zero-order valence-corrected chi connectivity index (χ0v) is 33.2. The topological polar surface area (TPSA) is 48.5 Å². The van der Waals surface area contributed by atoms with Gasteiger partial charge in [0.05, 0.1) is 22.1 Å². The fraction of sp³-hybridized carbons (Fsp3) is 0.151. The third-order valence-electron chi connectivity index (χ3n) is 12.6. The molecule has 3 aromatic heterocycles. The fourth-order valence-electron chi connectivity index (χ4n) is 9.41. The summed E-state index contributed by atoms with van der Waals surface area (Å²) in [7, 11) is 0. The van der Waals surface area contributed by atoms with E-state index < -0.39 is 0 Å². The van der Waals surface area contributed by atoms with Crippen molar-refractivity contribution in [2.24, 2.45) is 0 Å². The molecule has 0 saturated carbocycles. The smallest absolute Gasteiger partial charge is 0.238 e.